The SMILES string of the molecule is CC(C)CN1C(=O)C(CC(=O)O)SCc2ccccc21. The fourth-order valence-electron chi connectivity index (χ4n) is 2.31. The lowest BCUT2D eigenvalue weighted by atomic mass is 10.1. The molecule has 1 N–H and O–H groups in total. The maximum atomic E-state index is 12.6. The number of hydrogen-bond acceptors (Lipinski definition) is 3. The van der Waals surface area contributed by atoms with Gasteiger partial charge in [0.2, 0.25) is 5.91 Å². The number of thioether (sulfide) groups is 1. The Balaban J connectivity index is 2.35. The number of anilines is 1. The zero-order chi connectivity index (χ0) is 14.7. The maximum absolute atomic E-state index is 12.6. The Bertz CT molecular complexity index is 516. The molecule has 1 aromatic carbocycles. The molecule has 1 unspecified atom stereocenters. The molecule has 0 aliphatic carbocycles. The molecule has 5 heteroatoms. The predicted octanol–water partition coefficient (Wildman–Crippen LogP) is 2.77. The second-order valence-electron chi connectivity index (χ2n) is 5.37. The van der Waals surface area contributed by atoms with Crippen molar-refractivity contribution in [3.8, 4) is 0 Å². The van der Waals surface area contributed by atoms with Crippen molar-refractivity contribution >= 4 is 29.3 Å². The van der Waals surface area contributed by atoms with E-state index in [1.807, 2.05) is 24.3 Å². The maximum Gasteiger partial charge on any atom is 0.305 e. The number of carbonyl (C=O) groups is 2. The monoisotopic (exact) mass is 293 g/mol. The van der Waals surface area contributed by atoms with Crippen molar-refractivity contribution in [3.05, 3.63) is 29.8 Å². The molecule has 0 saturated heterocycles. The fourth-order valence-corrected chi connectivity index (χ4v) is 3.46. The highest BCUT2D eigenvalue weighted by molar-refractivity contribution is 7.99. The van der Waals surface area contributed by atoms with Crippen LogP contribution in [0.4, 0.5) is 5.69 Å². The van der Waals surface area contributed by atoms with Crippen molar-refractivity contribution in [2.45, 2.75) is 31.3 Å². The molecular weight excluding hydrogens is 274 g/mol. The molecule has 0 saturated carbocycles. The van der Waals surface area contributed by atoms with Crippen LogP contribution in [0, 0.1) is 5.92 Å². The first-order chi connectivity index (χ1) is 9.49. The van der Waals surface area contributed by atoms with E-state index < -0.39 is 11.2 Å². The number of hydrogen-bond donors (Lipinski definition) is 1. The molecule has 0 radical (unpaired) electrons. The molecule has 20 heavy (non-hydrogen) atoms. The summed E-state index contributed by atoms with van der Waals surface area (Å²) in [5.74, 6) is -0.00278. The molecule has 2 rings (SSSR count). The number of carboxylic acid groups (broad SMARTS) is 1. The number of fused-ring (bicyclic) bond motifs is 1. The van der Waals surface area contributed by atoms with Gasteiger partial charge in [-0.1, -0.05) is 32.0 Å². The second-order valence-corrected chi connectivity index (χ2v) is 6.56. The van der Waals surface area contributed by atoms with Gasteiger partial charge in [-0.3, -0.25) is 9.59 Å². The van der Waals surface area contributed by atoms with E-state index in [-0.39, 0.29) is 12.3 Å². The van der Waals surface area contributed by atoms with Gasteiger partial charge in [0.05, 0.1) is 11.7 Å². The van der Waals surface area contributed by atoms with Crippen molar-refractivity contribution in [2.75, 3.05) is 11.4 Å². The number of para-hydroxylation sites is 1. The molecule has 0 bridgehead atoms. The smallest absolute Gasteiger partial charge is 0.305 e. The Morgan fingerprint density at radius 2 is 2.15 bits per heavy atom. The fraction of sp³-hybridized carbons (Fsp3) is 0.467. The summed E-state index contributed by atoms with van der Waals surface area (Å²) in [6, 6.07) is 7.82. The zero-order valence-electron chi connectivity index (χ0n) is 11.7. The third-order valence-corrected chi connectivity index (χ3v) is 4.42. The number of benzene rings is 1. The van der Waals surface area contributed by atoms with Gasteiger partial charge in [0, 0.05) is 18.0 Å². The van der Waals surface area contributed by atoms with Crippen LogP contribution < -0.4 is 4.90 Å². The van der Waals surface area contributed by atoms with Crippen LogP contribution in [0.1, 0.15) is 25.8 Å². The van der Waals surface area contributed by atoms with Gasteiger partial charge >= 0.3 is 5.97 Å². The van der Waals surface area contributed by atoms with Gasteiger partial charge in [-0.15, -0.1) is 11.8 Å². The van der Waals surface area contributed by atoms with Crippen molar-refractivity contribution in [3.63, 3.8) is 0 Å². The first kappa shape index (κ1) is 14.9. The van der Waals surface area contributed by atoms with E-state index in [2.05, 4.69) is 13.8 Å². The molecule has 1 aliphatic rings. The predicted molar refractivity (Wildman–Crippen MR) is 81.0 cm³/mol. The average molecular weight is 293 g/mol. The summed E-state index contributed by atoms with van der Waals surface area (Å²) in [6.45, 7) is 4.73. The summed E-state index contributed by atoms with van der Waals surface area (Å²) in [7, 11) is 0. The molecule has 1 amide bonds. The van der Waals surface area contributed by atoms with E-state index in [0.717, 1.165) is 11.3 Å². The van der Waals surface area contributed by atoms with Crippen LogP contribution in [-0.4, -0.2) is 28.8 Å². The zero-order valence-corrected chi connectivity index (χ0v) is 12.5. The lowest BCUT2D eigenvalue weighted by molar-refractivity contribution is -0.138. The Hall–Kier alpha value is -1.49. The molecule has 4 nitrogen and oxygen atoms in total. The molecule has 1 atom stereocenters. The van der Waals surface area contributed by atoms with Crippen molar-refractivity contribution in [2.24, 2.45) is 5.92 Å². The third kappa shape index (κ3) is 3.33. The summed E-state index contributed by atoms with van der Waals surface area (Å²) in [4.78, 5) is 25.3. The number of aliphatic carboxylic acids is 1. The van der Waals surface area contributed by atoms with Crippen molar-refractivity contribution in [1.29, 1.82) is 0 Å². The van der Waals surface area contributed by atoms with E-state index in [0.29, 0.717) is 18.2 Å². The first-order valence-electron chi connectivity index (χ1n) is 6.71. The van der Waals surface area contributed by atoms with Crippen LogP contribution in [-0.2, 0) is 15.3 Å². The highest BCUT2D eigenvalue weighted by atomic mass is 32.2. The molecule has 108 valence electrons. The molecule has 0 aromatic heterocycles. The van der Waals surface area contributed by atoms with Crippen LogP contribution in [0.15, 0.2) is 24.3 Å². The van der Waals surface area contributed by atoms with Crippen LogP contribution in [0.25, 0.3) is 0 Å². The van der Waals surface area contributed by atoms with Gasteiger partial charge in [-0.25, -0.2) is 0 Å². The molecule has 0 spiro atoms. The van der Waals surface area contributed by atoms with Gasteiger partial charge in [0.1, 0.15) is 0 Å². The minimum Gasteiger partial charge on any atom is -0.481 e. The second kappa shape index (κ2) is 6.31. The molecule has 1 heterocycles. The Labute approximate surface area is 123 Å². The average Bonchev–Trinajstić information content (AvgIpc) is 2.50. The lowest BCUT2D eigenvalue weighted by Gasteiger charge is -2.26. The van der Waals surface area contributed by atoms with E-state index in [1.165, 1.54) is 11.8 Å². The third-order valence-electron chi connectivity index (χ3n) is 3.17. The van der Waals surface area contributed by atoms with E-state index in [1.54, 1.807) is 4.90 Å². The summed E-state index contributed by atoms with van der Waals surface area (Å²) in [5.41, 5.74) is 2.02. The van der Waals surface area contributed by atoms with Gasteiger partial charge in [-0.05, 0) is 17.5 Å². The molecule has 1 aliphatic heterocycles. The first-order valence-corrected chi connectivity index (χ1v) is 7.76. The standard InChI is InChI=1S/C15H19NO3S/c1-10(2)8-16-12-6-4-3-5-11(12)9-20-13(15(16)19)7-14(17)18/h3-6,10,13H,7-9H2,1-2H3,(H,17,18). The van der Waals surface area contributed by atoms with E-state index in [4.69, 9.17) is 5.11 Å². The van der Waals surface area contributed by atoms with E-state index in [9.17, 15) is 9.59 Å². The topological polar surface area (TPSA) is 57.6 Å². The summed E-state index contributed by atoms with van der Waals surface area (Å²) in [6.07, 6.45) is -0.119. The van der Waals surface area contributed by atoms with E-state index >= 15 is 0 Å². The van der Waals surface area contributed by atoms with Gasteiger partial charge < -0.3 is 10.0 Å². The Morgan fingerprint density at radius 3 is 2.80 bits per heavy atom. The summed E-state index contributed by atoms with van der Waals surface area (Å²) >= 11 is 1.42. The number of amides is 1. The largest absolute Gasteiger partial charge is 0.481 e. The highest BCUT2D eigenvalue weighted by Crippen LogP contribution is 2.34. The van der Waals surface area contributed by atoms with Gasteiger partial charge in [0.25, 0.3) is 0 Å². The minimum absolute atomic E-state index is 0.0870. The normalized spacial score (nSPS) is 18.9. The Kier molecular flexibility index (Phi) is 4.70. The van der Waals surface area contributed by atoms with Gasteiger partial charge in [0.15, 0.2) is 0 Å². The molecule has 0 fully saturated rings. The minimum atomic E-state index is -0.925. The summed E-state index contributed by atoms with van der Waals surface area (Å²) in [5, 5.41) is 8.48. The van der Waals surface area contributed by atoms with Crippen LogP contribution >= 0.6 is 11.8 Å². The number of rotatable bonds is 4. The number of carboxylic acids is 1. The number of nitrogens with zero attached hydrogens (tertiary/aromatic N) is 1. The quantitative estimate of drug-likeness (QED) is 0.927. The van der Waals surface area contributed by atoms with Crippen LogP contribution in [0.3, 0.4) is 0 Å². The summed E-state index contributed by atoms with van der Waals surface area (Å²) < 4.78 is 0. The van der Waals surface area contributed by atoms with Crippen molar-refractivity contribution in [1.82, 2.24) is 0 Å². The van der Waals surface area contributed by atoms with Crippen molar-refractivity contribution < 1.29 is 14.7 Å². The number of carbonyl (C=O) groups excluding carboxylic acids is 1. The molecule has 1 aromatic rings. The van der Waals surface area contributed by atoms with Crippen LogP contribution in [0.5, 0.6) is 0 Å². The Morgan fingerprint density at radius 1 is 1.45 bits per heavy atom. The highest BCUT2D eigenvalue weighted by Gasteiger charge is 2.32. The molecular formula is C15H19NO3S. The van der Waals surface area contributed by atoms with Crippen LogP contribution in [0.2, 0.25) is 0 Å². The lowest BCUT2D eigenvalue weighted by Crippen LogP contribution is -2.40. The van der Waals surface area contributed by atoms with Gasteiger partial charge in [-0.2, -0.15) is 0 Å².